The first-order valence-corrected chi connectivity index (χ1v) is 11.7. The van der Waals surface area contributed by atoms with E-state index in [-0.39, 0.29) is 13.2 Å². The summed E-state index contributed by atoms with van der Waals surface area (Å²) >= 11 is 1.22. The van der Waals surface area contributed by atoms with E-state index in [0.717, 1.165) is 11.1 Å². The number of hydrogen-bond donors (Lipinski definition) is 1. The lowest BCUT2D eigenvalue weighted by Gasteiger charge is -2.44. The Kier molecular flexibility index (Phi) is 7.83. The third kappa shape index (κ3) is 5.75. The molecular formula is C24H27F3N2O4S. The van der Waals surface area contributed by atoms with Gasteiger partial charge in [0.05, 0.1) is 13.2 Å². The number of hydrogen-bond acceptors (Lipinski definition) is 7. The molecule has 6 nitrogen and oxygen atoms in total. The van der Waals surface area contributed by atoms with Gasteiger partial charge >= 0.3 is 6.18 Å². The average Bonchev–Trinajstić information content (AvgIpc) is 3.26. The molecular weight excluding hydrogens is 469 g/mol. The Morgan fingerprint density at radius 2 is 1.50 bits per heavy atom. The van der Waals surface area contributed by atoms with Gasteiger partial charge in [-0.25, -0.2) is 0 Å². The SMILES string of the molecule is CN(C)C1=N[C@@H]2[C@@H](OCc3ccccc3)[C@H](OCc3ccccc3)[C@@H]([C@@H](O)C(F)(F)F)O[C@@H]2S1. The van der Waals surface area contributed by atoms with Crippen molar-refractivity contribution in [2.24, 2.45) is 4.99 Å². The number of rotatable bonds is 7. The number of halogens is 3. The van der Waals surface area contributed by atoms with Gasteiger partial charge in [-0.1, -0.05) is 72.4 Å². The number of ether oxygens (including phenoxy) is 3. The predicted molar refractivity (Wildman–Crippen MR) is 123 cm³/mol. The highest BCUT2D eigenvalue weighted by Crippen LogP contribution is 2.42. The molecule has 0 aliphatic carbocycles. The first kappa shape index (κ1) is 25.0. The molecule has 6 atom stereocenters. The number of aliphatic hydroxyl groups is 1. The van der Waals surface area contributed by atoms with Gasteiger partial charge in [0.1, 0.15) is 29.8 Å². The minimum Gasteiger partial charge on any atom is -0.381 e. The van der Waals surface area contributed by atoms with Crippen molar-refractivity contribution >= 4 is 16.9 Å². The third-order valence-corrected chi connectivity index (χ3v) is 6.94. The molecule has 10 heteroatoms. The van der Waals surface area contributed by atoms with Crippen LogP contribution in [0, 0.1) is 0 Å². The second-order valence-corrected chi connectivity index (χ2v) is 9.46. The lowest BCUT2D eigenvalue weighted by Crippen LogP contribution is -2.62. The monoisotopic (exact) mass is 496 g/mol. The highest BCUT2D eigenvalue weighted by molar-refractivity contribution is 8.14. The fourth-order valence-corrected chi connectivity index (χ4v) is 5.06. The van der Waals surface area contributed by atoms with Crippen LogP contribution in [0.1, 0.15) is 11.1 Å². The van der Waals surface area contributed by atoms with Gasteiger partial charge in [-0.05, 0) is 11.1 Å². The predicted octanol–water partition coefficient (Wildman–Crippen LogP) is 3.84. The van der Waals surface area contributed by atoms with Crippen molar-refractivity contribution in [1.29, 1.82) is 0 Å². The number of fused-ring (bicyclic) bond motifs is 1. The van der Waals surface area contributed by atoms with Crippen LogP contribution in [0.3, 0.4) is 0 Å². The molecule has 0 aromatic heterocycles. The van der Waals surface area contributed by atoms with E-state index in [1.807, 2.05) is 60.7 Å². The van der Waals surface area contributed by atoms with Gasteiger partial charge in [-0.15, -0.1) is 0 Å². The maximum atomic E-state index is 13.6. The molecule has 1 fully saturated rings. The van der Waals surface area contributed by atoms with Crippen LogP contribution in [0.25, 0.3) is 0 Å². The summed E-state index contributed by atoms with van der Waals surface area (Å²) in [5, 5.41) is 10.9. The fourth-order valence-electron chi connectivity index (χ4n) is 3.92. The van der Waals surface area contributed by atoms with E-state index >= 15 is 0 Å². The van der Waals surface area contributed by atoms with Gasteiger partial charge in [0.2, 0.25) is 0 Å². The molecule has 34 heavy (non-hydrogen) atoms. The van der Waals surface area contributed by atoms with Crippen LogP contribution in [0.4, 0.5) is 13.2 Å². The van der Waals surface area contributed by atoms with Crippen molar-refractivity contribution in [3.8, 4) is 0 Å². The Hall–Kier alpha value is -2.11. The summed E-state index contributed by atoms with van der Waals surface area (Å²) < 4.78 is 58.9. The van der Waals surface area contributed by atoms with Crippen molar-refractivity contribution in [2.45, 2.75) is 55.3 Å². The van der Waals surface area contributed by atoms with Gasteiger partial charge in [-0.2, -0.15) is 13.2 Å². The number of thioether (sulfide) groups is 1. The smallest absolute Gasteiger partial charge is 0.381 e. The van der Waals surface area contributed by atoms with E-state index in [1.165, 1.54) is 11.8 Å². The molecule has 2 heterocycles. The van der Waals surface area contributed by atoms with Crippen molar-refractivity contribution in [3.63, 3.8) is 0 Å². The maximum absolute atomic E-state index is 13.6. The zero-order valence-electron chi connectivity index (χ0n) is 18.8. The molecule has 0 bridgehead atoms. The normalized spacial score (nSPS) is 27.7. The molecule has 1 saturated heterocycles. The van der Waals surface area contributed by atoms with E-state index in [0.29, 0.717) is 5.17 Å². The molecule has 0 radical (unpaired) electrons. The fraction of sp³-hybridized carbons (Fsp3) is 0.458. The largest absolute Gasteiger partial charge is 0.417 e. The van der Waals surface area contributed by atoms with Crippen LogP contribution in [0.5, 0.6) is 0 Å². The van der Waals surface area contributed by atoms with Crippen LogP contribution in [-0.4, -0.2) is 71.3 Å². The summed E-state index contributed by atoms with van der Waals surface area (Å²) in [6.07, 6.45) is -11.4. The minimum atomic E-state index is -4.88. The minimum absolute atomic E-state index is 0.0376. The van der Waals surface area contributed by atoms with E-state index in [4.69, 9.17) is 14.2 Å². The van der Waals surface area contributed by atoms with E-state index < -0.39 is 42.1 Å². The molecule has 2 aliphatic rings. The highest BCUT2D eigenvalue weighted by Gasteiger charge is 2.57. The lowest BCUT2D eigenvalue weighted by atomic mass is 9.93. The van der Waals surface area contributed by atoms with Gasteiger partial charge in [0.25, 0.3) is 0 Å². The van der Waals surface area contributed by atoms with Gasteiger partial charge in [0, 0.05) is 14.1 Å². The molecule has 2 aromatic rings. The van der Waals surface area contributed by atoms with E-state index in [9.17, 15) is 18.3 Å². The standard InChI is InChI=1S/C24H27F3N2O4S/c1-29(2)23-28-17-18(31-13-15-9-5-3-6-10-15)19(32-14-16-11-7-4-8-12-16)20(33-22(17)34-23)21(30)24(25,26)27/h3-12,17-22,30H,13-14H2,1-2H3/t17-,18-,19+,20+,21-,22-/m1/s1. The van der Waals surface area contributed by atoms with Crippen molar-refractivity contribution in [1.82, 2.24) is 4.90 Å². The molecule has 2 aliphatic heterocycles. The Balaban J connectivity index is 1.65. The topological polar surface area (TPSA) is 63.5 Å². The highest BCUT2D eigenvalue weighted by atomic mass is 32.2. The van der Waals surface area contributed by atoms with Gasteiger partial charge in [0.15, 0.2) is 11.3 Å². The number of aliphatic imine (C=N–C) groups is 1. The Morgan fingerprint density at radius 3 is 2.00 bits per heavy atom. The number of alkyl halides is 3. The second-order valence-electron chi connectivity index (χ2n) is 8.39. The molecule has 4 rings (SSSR count). The molecule has 2 aromatic carbocycles. The van der Waals surface area contributed by atoms with Gasteiger partial charge < -0.3 is 24.2 Å². The summed E-state index contributed by atoms with van der Waals surface area (Å²) in [6.45, 7) is 0.197. The summed E-state index contributed by atoms with van der Waals surface area (Å²) in [5.41, 5.74) is 0.907. The molecule has 0 spiro atoms. The summed E-state index contributed by atoms with van der Waals surface area (Å²) in [6, 6.07) is 17.8. The van der Waals surface area contributed by atoms with Gasteiger partial charge in [-0.3, -0.25) is 4.99 Å². The van der Waals surface area contributed by atoms with E-state index in [2.05, 4.69) is 4.99 Å². The number of aliphatic hydroxyl groups excluding tert-OH is 1. The van der Waals surface area contributed by atoms with Crippen molar-refractivity contribution in [3.05, 3.63) is 71.8 Å². The maximum Gasteiger partial charge on any atom is 0.417 e. The third-order valence-electron chi connectivity index (χ3n) is 5.64. The van der Waals surface area contributed by atoms with Crippen LogP contribution in [0.15, 0.2) is 65.7 Å². The lowest BCUT2D eigenvalue weighted by molar-refractivity contribution is -0.283. The Bertz CT molecular complexity index is 962. The first-order chi connectivity index (χ1) is 16.2. The molecule has 0 saturated carbocycles. The average molecular weight is 497 g/mol. The number of benzene rings is 2. The van der Waals surface area contributed by atoms with Crippen LogP contribution >= 0.6 is 11.8 Å². The molecule has 184 valence electrons. The summed E-state index contributed by atoms with van der Waals surface area (Å²) in [4.78, 5) is 6.45. The molecule has 1 N–H and O–H groups in total. The summed E-state index contributed by atoms with van der Waals surface area (Å²) in [7, 11) is 3.60. The quantitative estimate of drug-likeness (QED) is 0.629. The zero-order valence-corrected chi connectivity index (χ0v) is 19.6. The van der Waals surface area contributed by atoms with Crippen LogP contribution in [-0.2, 0) is 27.4 Å². The molecule has 0 unspecified atom stereocenters. The van der Waals surface area contributed by atoms with Crippen molar-refractivity contribution in [2.75, 3.05) is 14.1 Å². The zero-order chi connectivity index (χ0) is 24.3. The Labute approximate surface area is 200 Å². The number of nitrogens with zero attached hydrogens (tertiary/aromatic N) is 2. The Morgan fingerprint density at radius 1 is 0.971 bits per heavy atom. The van der Waals surface area contributed by atoms with Crippen molar-refractivity contribution < 1.29 is 32.5 Å². The summed E-state index contributed by atoms with van der Waals surface area (Å²) in [5.74, 6) is 0. The second kappa shape index (κ2) is 10.7. The van der Waals surface area contributed by atoms with Crippen LogP contribution in [0.2, 0.25) is 0 Å². The van der Waals surface area contributed by atoms with Crippen LogP contribution < -0.4 is 0 Å². The van der Waals surface area contributed by atoms with E-state index in [1.54, 1.807) is 19.0 Å². The molecule has 0 amide bonds. The first-order valence-electron chi connectivity index (χ1n) is 10.9. The number of amidine groups is 1.